The van der Waals surface area contributed by atoms with E-state index in [2.05, 4.69) is 15.3 Å². The van der Waals surface area contributed by atoms with Crippen LogP contribution in [0.3, 0.4) is 0 Å². The molecule has 1 amide bonds. The Labute approximate surface area is 149 Å². The van der Waals surface area contributed by atoms with Gasteiger partial charge in [-0.3, -0.25) is 10.1 Å². The van der Waals surface area contributed by atoms with Gasteiger partial charge in [-0.15, -0.1) is 11.3 Å². The maximum atomic E-state index is 12.6. The number of hydrogen-bond donors (Lipinski definition) is 2. The van der Waals surface area contributed by atoms with Gasteiger partial charge in [0.15, 0.2) is 15.0 Å². The largest absolute Gasteiger partial charge is 0.360 e. The number of amides is 1. The maximum Gasteiger partial charge on any atom is 0.258 e. The molecule has 130 valence electrons. The van der Waals surface area contributed by atoms with Crippen LogP contribution in [0, 0.1) is 0 Å². The minimum atomic E-state index is -3.49. The van der Waals surface area contributed by atoms with Crippen molar-refractivity contribution in [1.82, 2.24) is 9.97 Å². The standard InChI is InChI=1S/C17H17N3O3S2/c1-2-10-25(22,23)15-8-4-3-6-12(15)16(21)20-17-19-14(11-24-17)13-7-5-9-18-13/h3-9,11,18H,2,10H2,1H3,(H,19,20,21). The van der Waals surface area contributed by atoms with E-state index in [-0.39, 0.29) is 16.2 Å². The van der Waals surface area contributed by atoms with Crippen molar-refractivity contribution in [2.45, 2.75) is 18.2 Å². The van der Waals surface area contributed by atoms with Crippen molar-refractivity contribution in [2.24, 2.45) is 0 Å². The summed E-state index contributed by atoms with van der Waals surface area (Å²) < 4.78 is 24.7. The molecular weight excluding hydrogens is 358 g/mol. The van der Waals surface area contributed by atoms with Gasteiger partial charge in [0.2, 0.25) is 0 Å². The lowest BCUT2D eigenvalue weighted by Crippen LogP contribution is -2.17. The minimum absolute atomic E-state index is 0.00547. The topological polar surface area (TPSA) is 91.9 Å². The first kappa shape index (κ1) is 17.4. The van der Waals surface area contributed by atoms with Crippen molar-refractivity contribution in [3.8, 4) is 11.4 Å². The molecule has 0 atom stereocenters. The third kappa shape index (κ3) is 3.80. The van der Waals surface area contributed by atoms with Crippen LogP contribution in [0.15, 0.2) is 52.9 Å². The summed E-state index contributed by atoms with van der Waals surface area (Å²) >= 11 is 1.28. The Kier molecular flexibility index (Phi) is 5.00. The highest BCUT2D eigenvalue weighted by Crippen LogP contribution is 2.25. The van der Waals surface area contributed by atoms with Crippen LogP contribution >= 0.6 is 11.3 Å². The van der Waals surface area contributed by atoms with Gasteiger partial charge in [0.25, 0.3) is 5.91 Å². The van der Waals surface area contributed by atoms with Crippen LogP contribution in [0.2, 0.25) is 0 Å². The number of rotatable bonds is 6. The Bertz CT molecular complexity index is 976. The normalized spacial score (nSPS) is 11.4. The molecule has 6 nitrogen and oxygen atoms in total. The number of hydrogen-bond acceptors (Lipinski definition) is 5. The average molecular weight is 375 g/mol. The van der Waals surface area contributed by atoms with Crippen LogP contribution in [-0.2, 0) is 9.84 Å². The van der Waals surface area contributed by atoms with Gasteiger partial charge in [0.05, 0.1) is 27.6 Å². The Morgan fingerprint density at radius 2 is 2.04 bits per heavy atom. The number of aromatic nitrogens is 2. The zero-order valence-electron chi connectivity index (χ0n) is 13.5. The lowest BCUT2D eigenvalue weighted by atomic mass is 10.2. The highest BCUT2D eigenvalue weighted by Gasteiger charge is 2.22. The van der Waals surface area contributed by atoms with E-state index in [9.17, 15) is 13.2 Å². The van der Waals surface area contributed by atoms with Crippen LogP contribution in [0.25, 0.3) is 11.4 Å². The molecule has 0 unspecified atom stereocenters. The monoisotopic (exact) mass is 375 g/mol. The van der Waals surface area contributed by atoms with E-state index < -0.39 is 15.7 Å². The number of nitrogens with zero attached hydrogens (tertiary/aromatic N) is 1. The number of carbonyl (C=O) groups is 1. The fraction of sp³-hybridized carbons (Fsp3) is 0.176. The van der Waals surface area contributed by atoms with E-state index in [1.807, 2.05) is 17.5 Å². The number of thiazole rings is 1. The molecule has 0 spiro atoms. The average Bonchev–Trinajstić information content (AvgIpc) is 3.26. The summed E-state index contributed by atoms with van der Waals surface area (Å²) in [5.41, 5.74) is 1.70. The van der Waals surface area contributed by atoms with Gasteiger partial charge in [-0.2, -0.15) is 0 Å². The summed E-state index contributed by atoms with van der Waals surface area (Å²) in [7, 11) is -3.49. The predicted octanol–water partition coefficient (Wildman–Crippen LogP) is 3.57. The van der Waals surface area contributed by atoms with Crippen molar-refractivity contribution >= 4 is 32.2 Å². The highest BCUT2D eigenvalue weighted by atomic mass is 32.2. The summed E-state index contributed by atoms with van der Waals surface area (Å²) in [6.07, 6.45) is 2.28. The first-order valence-corrected chi connectivity index (χ1v) is 10.3. The fourth-order valence-electron chi connectivity index (χ4n) is 2.41. The molecule has 0 radical (unpaired) electrons. The van der Waals surface area contributed by atoms with Crippen LogP contribution in [0.4, 0.5) is 5.13 Å². The number of carbonyl (C=O) groups excluding carboxylic acids is 1. The second-order valence-electron chi connectivity index (χ2n) is 5.39. The van der Waals surface area contributed by atoms with Crippen molar-refractivity contribution < 1.29 is 13.2 Å². The SMILES string of the molecule is CCCS(=O)(=O)c1ccccc1C(=O)Nc1nc(-c2ccc[nH]2)cs1. The zero-order chi connectivity index (χ0) is 17.9. The number of aromatic amines is 1. The number of benzene rings is 1. The molecule has 0 fully saturated rings. The fourth-order valence-corrected chi connectivity index (χ4v) is 4.66. The molecule has 0 aliphatic heterocycles. The van der Waals surface area contributed by atoms with Crippen LogP contribution in [0.1, 0.15) is 23.7 Å². The molecule has 3 aromatic rings. The molecule has 1 aromatic carbocycles. The van der Waals surface area contributed by atoms with Crippen LogP contribution in [0.5, 0.6) is 0 Å². The highest BCUT2D eigenvalue weighted by molar-refractivity contribution is 7.91. The molecule has 0 saturated heterocycles. The Balaban J connectivity index is 1.85. The summed E-state index contributed by atoms with van der Waals surface area (Å²) in [5.74, 6) is -0.478. The van der Waals surface area contributed by atoms with Gasteiger partial charge in [0, 0.05) is 11.6 Å². The summed E-state index contributed by atoms with van der Waals surface area (Å²) in [4.78, 5) is 20.0. The molecule has 3 rings (SSSR count). The molecule has 25 heavy (non-hydrogen) atoms. The maximum absolute atomic E-state index is 12.6. The second-order valence-corrected chi connectivity index (χ2v) is 8.33. The first-order chi connectivity index (χ1) is 12.0. The third-order valence-electron chi connectivity index (χ3n) is 3.54. The number of H-pyrrole nitrogens is 1. The molecule has 0 aliphatic rings. The Morgan fingerprint density at radius 1 is 1.24 bits per heavy atom. The van der Waals surface area contributed by atoms with Gasteiger partial charge in [0.1, 0.15) is 0 Å². The number of sulfone groups is 1. The van der Waals surface area contributed by atoms with Crippen molar-refractivity contribution in [3.63, 3.8) is 0 Å². The minimum Gasteiger partial charge on any atom is -0.360 e. The molecular formula is C17H17N3O3S2. The van der Waals surface area contributed by atoms with E-state index >= 15 is 0 Å². The lowest BCUT2D eigenvalue weighted by molar-refractivity contribution is 0.102. The van der Waals surface area contributed by atoms with Crippen molar-refractivity contribution in [2.75, 3.05) is 11.1 Å². The smallest absolute Gasteiger partial charge is 0.258 e. The second kappa shape index (κ2) is 7.20. The molecule has 8 heteroatoms. The van der Waals surface area contributed by atoms with Crippen LogP contribution in [-0.4, -0.2) is 30.0 Å². The van der Waals surface area contributed by atoms with E-state index in [1.54, 1.807) is 25.3 Å². The van der Waals surface area contributed by atoms with Gasteiger partial charge in [-0.05, 0) is 30.7 Å². The number of nitrogens with one attached hydrogen (secondary N) is 2. The van der Waals surface area contributed by atoms with E-state index in [0.717, 1.165) is 11.4 Å². The molecule has 0 aliphatic carbocycles. The lowest BCUT2D eigenvalue weighted by Gasteiger charge is -2.09. The van der Waals surface area contributed by atoms with Gasteiger partial charge >= 0.3 is 0 Å². The van der Waals surface area contributed by atoms with Crippen molar-refractivity contribution in [3.05, 3.63) is 53.5 Å². The van der Waals surface area contributed by atoms with E-state index in [4.69, 9.17) is 0 Å². The van der Waals surface area contributed by atoms with Gasteiger partial charge in [-0.1, -0.05) is 19.1 Å². The van der Waals surface area contributed by atoms with Gasteiger partial charge < -0.3 is 4.98 Å². The molecule has 0 bridgehead atoms. The summed E-state index contributed by atoms with van der Waals surface area (Å²) in [6.45, 7) is 1.79. The van der Waals surface area contributed by atoms with Crippen LogP contribution < -0.4 is 5.32 Å². The Hall–Kier alpha value is -2.45. The van der Waals surface area contributed by atoms with E-state index in [1.165, 1.54) is 23.5 Å². The molecule has 2 N–H and O–H groups in total. The molecule has 2 aromatic heterocycles. The zero-order valence-corrected chi connectivity index (χ0v) is 15.2. The van der Waals surface area contributed by atoms with Crippen molar-refractivity contribution in [1.29, 1.82) is 0 Å². The Morgan fingerprint density at radius 3 is 2.76 bits per heavy atom. The summed E-state index contributed by atoms with van der Waals surface area (Å²) in [5, 5.41) is 4.92. The number of anilines is 1. The van der Waals surface area contributed by atoms with Gasteiger partial charge in [-0.25, -0.2) is 13.4 Å². The van der Waals surface area contributed by atoms with E-state index in [0.29, 0.717) is 11.6 Å². The molecule has 0 saturated carbocycles. The first-order valence-electron chi connectivity index (χ1n) is 7.73. The quantitative estimate of drug-likeness (QED) is 0.689. The third-order valence-corrected chi connectivity index (χ3v) is 6.27. The molecule has 2 heterocycles. The predicted molar refractivity (Wildman–Crippen MR) is 98.6 cm³/mol. The summed E-state index contributed by atoms with van der Waals surface area (Å²) in [6, 6.07) is 9.98.